The van der Waals surface area contributed by atoms with Crippen molar-refractivity contribution in [3.63, 3.8) is 0 Å². The summed E-state index contributed by atoms with van der Waals surface area (Å²) in [4.78, 5) is 24.0. The third kappa shape index (κ3) is 6.50. The number of piperidine rings is 1. The summed E-state index contributed by atoms with van der Waals surface area (Å²) in [5.41, 5.74) is 5.16. The Bertz CT molecular complexity index is 1430. The van der Waals surface area contributed by atoms with Gasteiger partial charge in [-0.25, -0.2) is 4.98 Å². The Morgan fingerprint density at radius 3 is 2.63 bits per heavy atom. The monoisotopic (exact) mass is 576 g/mol. The highest BCUT2D eigenvalue weighted by molar-refractivity contribution is 6.32. The zero-order chi connectivity index (χ0) is 29.4. The minimum atomic E-state index is -0.662. The van der Waals surface area contributed by atoms with Gasteiger partial charge in [-0.2, -0.15) is 4.98 Å². The van der Waals surface area contributed by atoms with Crippen molar-refractivity contribution < 1.29 is 9.90 Å². The maximum Gasteiger partial charge on any atom is 0.234 e. The number of carbonyl (C=O) groups excluding carboxylic acids is 1. The highest BCUT2D eigenvalue weighted by atomic mass is 35.5. The fourth-order valence-corrected chi connectivity index (χ4v) is 6.24. The first-order valence-corrected chi connectivity index (χ1v) is 14.9. The van der Waals surface area contributed by atoms with Gasteiger partial charge in [-0.1, -0.05) is 42.8 Å². The van der Waals surface area contributed by atoms with E-state index in [-0.39, 0.29) is 5.91 Å². The van der Waals surface area contributed by atoms with E-state index in [0.717, 1.165) is 54.9 Å². The van der Waals surface area contributed by atoms with Crippen LogP contribution < -0.4 is 16.0 Å². The summed E-state index contributed by atoms with van der Waals surface area (Å²) < 4.78 is 0. The summed E-state index contributed by atoms with van der Waals surface area (Å²) in [6, 6.07) is 12.5. The van der Waals surface area contributed by atoms with E-state index in [1.54, 1.807) is 6.20 Å². The van der Waals surface area contributed by atoms with Crippen molar-refractivity contribution in [1.29, 1.82) is 0 Å². The Hall–Kier alpha value is -3.20. The zero-order valence-corrected chi connectivity index (χ0v) is 25.4. The van der Waals surface area contributed by atoms with Crippen LogP contribution in [0.5, 0.6) is 0 Å². The van der Waals surface area contributed by atoms with Crippen molar-refractivity contribution in [3.05, 3.63) is 69.9 Å². The number of aliphatic hydroxyl groups is 1. The standard InChI is InChI=1S/C32H41ClN6O2/c1-6-20-16-22(21-12-14-39(15-13-21)19-31(2,3)41)10-11-25(20)37-30-35-18-24(33)28(38-30)34-17-23-8-7-9-26-27(23)32(4,5)29(40)36-26/h7-11,16,18,21,41H,6,12-15,17,19H2,1-5H3,(H,36,40)(H2,34,35,37,38). The highest BCUT2D eigenvalue weighted by Crippen LogP contribution is 2.40. The molecule has 4 N–H and O–H groups in total. The second-order valence-corrected chi connectivity index (χ2v) is 12.8. The van der Waals surface area contributed by atoms with Crippen LogP contribution in [-0.2, 0) is 23.2 Å². The van der Waals surface area contributed by atoms with Gasteiger partial charge in [0.15, 0.2) is 5.82 Å². The summed E-state index contributed by atoms with van der Waals surface area (Å²) in [5, 5.41) is 20.3. The first-order chi connectivity index (χ1) is 19.4. The quantitative estimate of drug-likeness (QED) is 0.239. The van der Waals surface area contributed by atoms with Crippen molar-refractivity contribution in [1.82, 2.24) is 14.9 Å². The molecule has 8 nitrogen and oxygen atoms in total. The number of nitrogens with zero attached hydrogens (tertiary/aromatic N) is 3. The number of aryl methyl sites for hydroxylation is 1. The summed E-state index contributed by atoms with van der Waals surface area (Å²) in [7, 11) is 0. The van der Waals surface area contributed by atoms with E-state index < -0.39 is 11.0 Å². The topological polar surface area (TPSA) is 102 Å². The van der Waals surface area contributed by atoms with Crippen LogP contribution in [0, 0.1) is 0 Å². The van der Waals surface area contributed by atoms with Crippen LogP contribution >= 0.6 is 11.6 Å². The smallest absolute Gasteiger partial charge is 0.234 e. The van der Waals surface area contributed by atoms with E-state index in [1.165, 1.54) is 11.1 Å². The molecule has 1 aromatic heterocycles. The molecule has 1 fully saturated rings. The van der Waals surface area contributed by atoms with Crippen LogP contribution in [0.3, 0.4) is 0 Å². The van der Waals surface area contributed by atoms with Gasteiger partial charge in [0.1, 0.15) is 5.02 Å². The molecule has 0 spiro atoms. The highest BCUT2D eigenvalue weighted by Gasteiger charge is 2.40. The Balaban J connectivity index is 1.27. The van der Waals surface area contributed by atoms with E-state index >= 15 is 0 Å². The number of β-amino-alcohol motifs (C(OH)–C–C–N with tert-alkyl or cyclic N) is 1. The van der Waals surface area contributed by atoms with Gasteiger partial charge in [-0.15, -0.1) is 0 Å². The SMILES string of the molecule is CCc1cc(C2CCN(CC(C)(C)O)CC2)ccc1Nc1ncc(Cl)c(NCc2cccc3c2C(C)(C)C(=O)N3)n1. The molecule has 5 rings (SSSR count). The molecule has 9 heteroatoms. The molecule has 3 heterocycles. The van der Waals surface area contributed by atoms with Crippen molar-refractivity contribution in [3.8, 4) is 0 Å². The van der Waals surface area contributed by atoms with E-state index in [4.69, 9.17) is 11.6 Å². The largest absolute Gasteiger partial charge is 0.389 e. The maximum atomic E-state index is 12.5. The number of hydrogen-bond donors (Lipinski definition) is 4. The number of fused-ring (bicyclic) bond motifs is 1. The van der Waals surface area contributed by atoms with Crippen LogP contribution in [0.1, 0.15) is 75.6 Å². The number of hydrogen-bond acceptors (Lipinski definition) is 7. The number of halogens is 1. The van der Waals surface area contributed by atoms with E-state index in [2.05, 4.69) is 55.9 Å². The molecule has 0 bridgehead atoms. The van der Waals surface area contributed by atoms with Gasteiger partial charge in [-0.3, -0.25) is 4.79 Å². The fraction of sp³-hybridized carbons (Fsp3) is 0.469. The lowest BCUT2D eigenvalue weighted by Gasteiger charge is -2.35. The molecule has 2 aromatic carbocycles. The Labute approximate surface area is 247 Å². The molecule has 0 atom stereocenters. The summed E-state index contributed by atoms with van der Waals surface area (Å²) in [5.74, 6) is 1.52. The number of carbonyl (C=O) groups is 1. The van der Waals surface area contributed by atoms with Gasteiger partial charge < -0.3 is 26.0 Å². The average Bonchev–Trinajstić information content (AvgIpc) is 3.16. The van der Waals surface area contributed by atoms with Crippen LogP contribution in [0.15, 0.2) is 42.6 Å². The molecule has 3 aromatic rings. The molecule has 0 unspecified atom stereocenters. The first kappa shape index (κ1) is 29.3. The molecule has 1 saturated heterocycles. The van der Waals surface area contributed by atoms with Crippen molar-refractivity contribution in [2.45, 2.75) is 77.4 Å². The predicted molar refractivity (Wildman–Crippen MR) is 166 cm³/mol. The van der Waals surface area contributed by atoms with Gasteiger partial charge in [-0.05, 0) is 100 Å². The second-order valence-electron chi connectivity index (χ2n) is 12.4. The molecule has 0 saturated carbocycles. The van der Waals surface area contributed by atoms with Gasteiger partial charge in [0.05, 0.1) is 17.2 Å². The summed E-state index contributed by atoms with van der Waals surface area (Å²) >= 11 is 6.47. The summed E-state index contributed by atoms with van der Waals surface area (Å²) in [6.45, 7) is 13.0. The molecular weight excluding hydrogens is 536 g/mol. The number of anilines is 4. The Morgan fingerprint density at radius 2 is 1.93 bits per heavy atom. The lowest BCUT2D eigenvalue weighted by molar-refractivity contribution is -0.119. The number of aromatic nitrogens is 2. The van der Waals surface area contributed by atoms with Gasteiger partial charge in [0.2, 0.25) is 11.9 Å². The Morgan fingerprint density at radius 1 is 1.17 bits per heavy atom. The third-order valence-corrected chi connectivity index (χ3v) is 8.48. The molecular formula is C32H41ClN6O2. The zero-order valence-electron chi connectivity index (χ0n) is 24.6. The van der Waals surface area contributed by atoms with Crippen molar-refractivity contribution in [2.75, 3.05) is 35.6 Å². The fourth-order valence-electron chi connectivity index (χ4n) is 6.09. The van der Waals surface area contributed by atoms with E-state index in [1.807, 2.05) is 45.9 Å². The molecule has 218 valence electrons. The molecule has 2 aliphatic heterocycles. The van der Waals surface area contributed by atoms with Crippen LogP contribution in [0.2, 0.25) is 5.02 Å². The number of nitrogens with one attached hydrogen (secondary N) is 3. The normalized spacial score (nSPS) is 17.3. The molecule has 2 aliphatic rings. The van der Waals surface area contributed by atoms with Gasteiger partial charge >= 0.3 is 0 Å². The predicted octanol–water partition coefficient (Wildman–Crippen LogP) is 6.23. The number of amides is 1. The van der Waals surface area contributed by atoms with Crippen molar-refractivity contribution >= 4 is 40.6 Å². The lowest BCUT2D eigenvalue weighted by atomic mass is 9.83. The van der Waals surface area contributed by atoms with E-state index in [0.29, 0.717) is 35.8 Å². The van der Waals surface area contributed by atoms with Crippen LogP contribution in [0.4, 0.5) is 23.1 Å². The molecule has 41 heavy (non-hydrogen) atoms. The minimum Gasteiger partial charge on any atom is -0.389 e. The first-order valence-electron chi connectivity index (χ1n) is 14.5. The average molecular weight is 577 g/mol. The molecule has 1 amide bonds. The van der Waals surface area contributed by atoms with E-state index in [9.17, 15) is 9.90 Å². The minimum absolute atomic E-state index is 0.000417. The number of likely N-dealkylation sites (tertiary alicyclic amines) is 1. The molecule has 0 radical (unpaired) electrons. The summed E-state index contributed by atoms with van der Waals surface area (Å²) in [6.07, 6.45) is 4.67. The Kier molecular flexibility index (Phi) is 8.28. The number of rotatable bonds is 9. The lowest BCUT2D eigenvalue weighted by Crippen LogP contribution is -2.42. The maximum absolute atomic E-state index is 12.5. The number of benzene rings is 2. The second kappa shape index (κ2) is 11.6. The van der Waals surface area contributed by atoms with Crippen LogP contribution in [-0.4, -0.2) is 51.1 Å². The van der Waals surface area contributed by atoms with Crippen molar-refractivity contribution in [2.24, 2.45) is 0 Å². The van der Waals surface area contributed by atoms with Crippen LogP contribution in [0.25, 0.3) is 0 Å². The molecule has 0 aliphatic carbocycles. The van der Waals surface area contributed by atoms with Gasteiger partial charge in [0, 0.05) is 24.5 Å². The van der Waals surface area contributed by atoms with Gasteiger partial charge in [0.25, 0.3) is 0 Å². The third-order valence-electron chi connectivity index (χ3n) is 8.21.